The van der Waals surface area contributed by atoms with Gasteiger partial charge in [0, 0.05) is 43.9 Å². The summed E-state index contributed by atoms with van der Waals surface area (Å²) < 4.78 is 27.4. The molecule has 0 saturated carbocycles. The van der Waals surface area contributed by atoms with Gasteiger partial charge in [0.05, 0.1) is 16.2 Å². The molecule has 2 saturated heterocycles. The lowest BCUT2D eigenvalue weighted by Crippen LogP contribution is -2.53. The number of ketones is 1. The summed E-state index contributed by atoms with van der Waals surface area (Å²) in [4.78, 5) is 46.0. The number of rotatable bonds is 8. The minimum Gasteiger partial charge on any atom is -0.507 e. The molecule has 3 aliphatic heterocycles. The summed E-state index contributed by atoms with van der Waals surface area (Å²) in [5, 5.41) is 11.6. The Kier molecular flexibility index (Phi) is 7.15. The Bertz CT molecular complexity index is 1530. The standard InChI is InChI=1S/C29H32N4O6S/c1-4-15-32-23-10-6-5-9-22(23)29(28(32)37)24(26(35)27(36)33(29)19-18-30(2)3)25(34)20-11-13-21(14-12-20)40(38,39)31-16-7-8-17-31/h4-6,9-14,34H,1,7-8,15-19H2,2-3H3/t29-/m0/s1. The molecule has 3 heterocycles. The van der Waals surface area contributed by atoms with Crippen LogP contribution in [0.2, 0.25) is 0 Å². The van der Waals surface area contributed by atoms with Crippen molar-refractivity contribution in [3.63, 3.8) is 0 Å². The zero-order valence-electron chi connectivity index (χ0n) is 22.5. The van der Waals surface area contributed by atoms with Crippen molar-refractivity contribution >= 4 is 39.1 Å². The number of carbonyl (C=O) groups is 3. The molecule has 2 amide bonds. The number of hydrogen-bond acceptors (Lipinski definition) is 7. The van der Waals surface area contributed by atoms with E-state index >= 15 is 0 Å². The number of nitrogens with zero attached hydrogens (tertiary/aromatic N) is 4. The SMILES string of the molecule is C=CCN1C(=O)[C@@]2(C(=C(O)c3ccc(S(=O)(=O)N4CCCC4)cc3)C(=O)C(=O)N2CCN(C)C)c2ccccc21. The minimum atomic E-state index is -3.70. The van der Waals surface area contributed by atoms with Crippen LogP contribution in [0, 0.1) is 0 Å². The van der Waals surface area contributed by atoms with E-state index in [2.05, 4.69) is 6.58 Å². The van der Waals surface area contributed by atoms with Crippen LogP contribution in [0.25, 0.3) is 5.76 Å². The molecule has 5 rings (SSSR count). The number of carbonyl (C=O) groups excluding carboxylic acids is 3. The maximum atomic E-state index is 14.3. The van der Waals surface area contributed by atoms with E-state index < -0.39 is 38.9 Å². The van der Waals surface area contributed by atoms with Gasteiger partial charge in [0.2, 0.25) is 10.0 Å². The van der Waals surface area contributed by atoms with Crippen LogP contribution in [-0.2, 0) is 29.9 Å². The average molecular weight is 565 g/mol. The van der Waals surface area contributed by atoms with Gasteiger partial charge in [0.15, 0.2) is 5.54 Å². The summed E-state index contributed by atoms with van der Waals surface area (Å²) in [6.07, 6.45) is 3.15. The Morgan fingerprint density at radius 3 is 2.33 bits per heavy atom. The molecule has 1 N–H and O–H groups in total. The summed E-state index contributed by atoms with van der Waals surface area (Å²) in [5.74, 6) is -2.95. The number of hydrogen-bond donors (Lipinski definition) is 1. The van der Waals surface area contributed by atoms with Gasteiger partial charge >= 0.3 is 0 Å². The number of aliphatic hydroxyl groups excluding tert-OH is 1. The van der Waals surface area contributed by atoms with Crippen LogP contribution in [-0.4, -0.2) is 92.0 Å². The molecule has 0 radical (unpaired) electrons. The number of likely N-dealkylation sites (N-methyl/N-ethyl adjacent to an activating group) is 1. The van der Waals surface area contributed by atoms with Gasteiger partial charge in [-0.2, -0.15) is 4.31 Å². The first-order chi connectivity index (χ1) is 19.1. The predicted octanol–water partition coefficient (Wildman–Crippen LogP) is 2.14. The quantitative estimate of drug-likeness (QED) is 0.226. The molecule has 1 atom stereocenters. The molecule has 3 aliphatic rings. The van der Waals surface area contributed by atoms with E-state index in [0.29, 0.717) is 30.9 Å². The highest BCUT2D eigenvalue weighted by atomic mass is 32.2. The van der Waals surface area contributed by atoms with Gasteiger partial charge in [0.25, 0.3) is 17.6 Å². The number of anilines is 1. The van der Waals surface area contributed by atoms with Crippen molar-refractivity contribution in [2.24, 2.45) is 0 Å². The Morgan fingerprint density at radius 1 is 1.05 bits per heavy atom. The first-order valence-corrected chi connectivity index (χ1v) is 14.6. The van der Waals surface area contributed by atoms with Crippen LogP contribution >= 0.6 is 0 Å². The number of fused-ring (bicyclic) bond motifs is 2. The topological polar surface area (TPSA) is 119 Å². The summed E-state index contributed by atoms with van der Waals surface area (Å²) in [7, 11) is -0.0672. The number of sulfonamides is 1. The predicted molar refractivity (Wildman–Crippen MR) is 150 cm³/mol. The van der Waals surface area contributed by atoms with Crippen LogP contribution in [0.5, 0.6) is 0 Å². The molecular weight excluding hydrogens is 532 g/mol. The van der Waals surface area contributed by atoms with Gasteiger partial charge in [-0.1, -0.05) is 24.3 Å². The third-order valence-corrected chi connectivity index (χ3v) is 9.64. The zero-order valence-corrected chi connectivity index (χ0v) is 23.4. The first-order valence-electron chi connectivity index (χ1n) is 13.1. The normalized spacial score (nSPS) is 22.6. The highest BCUT2D eigenvalue weighted by Gasteiger charge is 2.66. The van der Waals surface area contributed by atoms with E-state index in [1.165, 1.54) is 38.4 Å². The van der Waals surface area contributed by atoms with Crippen molar-refractivity contribution in [1.29, 1.82) is 0 Å². The number of benzene rings is 2. The lowest BCUT2D eigenvalue weighted by molar-refractivity contribution is -0.143. The molecule has 11 heteroatoms. The molecule has 0 bridgehead atoms. The van der Waals surface area contributed by atoms with E-state index in [-0.39, 0.29) is 29.1 Å². The molecule has 2 aromatic carbocycles. The molecule has 0 unspecified atom stereocenters. The van der Waals surface area contributed by atoms with E-state index in [0.717, 1.165) is 12.8 Å². The Labute approximate surface area is 233 Å². The van der Waals surface area contributed by atoms with Gasteiger partial charge in [0.1, 0.15) is 5.76 Å². The van der Waals surface area contributed by atoms with E-state index in [1.54, 1.807) is 30.3 Å². The van der Waals surface area contributed by atoms with Crippen molar-refractivity contribution in [2.45, 2.75) is 23.3 Å². The second-order valence-corrected chi connectivity index (χ2v) is 12.3. The van der Waals surface area contributed by atoms with Crippen LogP contribution in [0.4, 0.5) is 5.69 Å². The number of aliphatic hydroxyl groups is 1. The van der Waals surface area contributed by atoms with E-state index in [1.807, 2.05) is 19.0 Å². The number of Topliss-reactive ketones (excluding diaryl/α,β-unsaturated/α-hetero) is 1. The second-order valence-electron chi connectivity index (χ2n) is 10.4. The Balaban J connectivity index is 1.69. The third kappa shape index (κ3) is 4.07. The fourth-order valence-electron chi connectivity index (χ4n) is 5.78. The Hall–Kier alpha value is -3.80. The lowest BCUT2D eigenvalue weighted by atomic mass is 9.82. The molecule has 0 aliphatic carbocycles. The van der Waals surface area contributed by atoms with Gasteiger partial charge < -0.3 is 19.8 Å². The molecule has 10 nitrogen and oxygen atoms in total. The first kappa shape index (κ1) is 27.8. The highest BCUT2D eigenvalue weighted by molar-refractivity contribution is 7.89. The van der Waals surface area contributed by atoms with E-state index in [9.17, 15) is 27.9 Å². The van der Waals surface area contributed by atoms with Crippen LogP contribution in [0.15, 0.2) is 71.7 Å². The third-order valence-electron chi connectivity index (χ3n) is 7.72. The molecular formula is C29H32N4O6S. The largest absolute Gasteiger partial charge is 0.507 e. The van der Waals surface area contributed by atoms with Gasteiger partial charge in [-0.3, -0.25) is 14.4 Å². The van der Waals surface area contributed by atoms with Crippen molar-refractivity contribution in [1.82, 2.24) is 14.1 Å². The van der Waals surface area contributed by atoms with Gasteiger partial charge in [-0.25, -0.2) is 8.42 Å². The van der Waals surface area contributed by atoms with Gasteiger partial charge in [-0.15, -0.1) is 6.58 Å². The maximum absolute atomic E-state index is 14.3. The molecule has 210 valence electrons. The minimum absolute atomic E-state index is 0.0589. The molecule has 2 aromatic rings. The smallest absolute Gasteiger partial charge is 0.296 e. The van der Waals surface area contributed by atoms with Crippen molar-refractivity contribution in [3.05, 3.63) is 77.9 Å². The Morgan fingerprint density at radius 2 is 1.70 bits per heavy atom. The summed E-state index contributed by atoms with van der Waals surface area (Å²) in [6.45, 7) is 5.21. The number of likely N-dealkylation sites (tertiary alicyclic amines) is 1. The maximum Gasteiger partial charge on any atom is 0.296 e. The van der Waals surface area contributed by atoms with Crippen molar-refractivity contribution in [2.75, 3.05) is 51.7 Å². The van der Waals surface area contributed by atoms with Gasteiger partial charge in [-0.05, 0) is 57.3 Å². The monoisotopic (exact) mass is 564 g/mol. The molecule has 2 fully saturated rings. The second kappa shape index (κ2) is 10.3. The highest BCUT2D eigenvalue weighted by Crippen LogP contribution is 2.53. The number of amides is 2. The zero-order chi connectivity index (χ0) is 28.8. The average Bonchev–Trinajstić information content (AvgIpc) is 3.62. The molecule has 1 spiro atoms. The fourth-order valence-corrected chi connectivity index (χ4v) is 7.30. The molecule has 0 aromatic heterocycles. The van der Waals surface area contributed by atoms with Crippen LogP contribution in [0.3, 0.4) is 0 Å². The molecule has 40 heavy (non-hydrogen) atoms. The summed E-state index contributed by atoms with van der Waals surface area (Å²) >= 11 is 0. The lowest BCUT2D eigenvalue weighted by Gasteiger charge is -2.35. The summed E-state index contributed by atoms with van der Waals surface area (Å²) in [5.41, 5.74) is -1.17. The summed E-state index contributed by atoms with van der Waals surface area (Å²) in [6, 6.07) is 12.4. The van der Waals surface area contributed by atoms with Crippen molar-refractivity contribution in [3.8, 4) is 0 Å². The van der Waals surface area contributed by atoms with E-state index in [4.69, 9.17) is 0 Å². The van der Waals surface area contributed by atoms with Crippen LogP contribution in [0.1, 0.15) is 24.0 Å². The van der Waals surface area contributed by atoms with Crippen molar-refractivity contribution < 1.29 is 27.9 Å². The fraction of sp³-hybridized carbons (Fsp3) is 0.345. The number of para-hydroxylation sites is 1. The van der Waals surface area contributed by atoms with Crippen LogP contribution < -0.4 is 4.90 Å².